The van der Waals surface area contributed by atoms with E-state index in [0.29, 0.717) is 9.08 Å². The Morgan fingerprint density at radius 3 is 2.64 bits per heavy atom. The third-order valence-electron chi connectivity index (χ3n) is 0.998. The van der Waals surface area contributed by atoms with Gasteiger partial charge in [0.15, 0.2) is 0 Å². The first-order valence-electron chi connectivity index (χ1n) is 2.56. The molecule has 0 aliphatic heterocycles. The Bertz CT molecular complexity index is 303. The molecule has 0 unspecified atom stereocenters. The van der Waals surface area contributed by atoms with E-state index in [2.05, 4.69) is 36.8 Å². The lowest BCUT2D eigenvalue weighted by Gasteiger charge is -1.93. The summed E-state index contributed by atoms with van der Waals surface area (Å²) in [5.74, 6) is 0. The molecule has 0 aliphatic rings. The Balaban J connectivity index is 3.23. The van der Waals surface area contributed by atoms with Crippen molar-refractivity contribution in [2.75, 3.05) is 0 Å². The Labute approximate surface area is 79.0 Å². The molecule has 58 valence electrons. The summed E-state index contributed by atoms with van der Waals surface area (Å²) in [5, 5.41) is 10.3. The zero-order chi connectivity index (χ0) is 8.43. The summed E-state index contributed by atoms with van der Waals surface area (Å²) in [6.07, 6.45) is 1.38. The fourth-order valence-corrected chi connectivity index (χ4v) is 1.22. The highest BCUT2D eigenvalue weighted by Crippen LogP contribution is 2.25. The number of hydrogen-bond acceptors (Lipinski definition) is 3. The number of nitro groups is 1. The Morgan fingerprint density at radius 1 is 1.55 bits per heavy atom. The van der Waals surface area contributed by atoms with Gasteiger partial charge in [0, 0.05) is 6.20 Å². The molecule has 0 amide bonds. The zero-order valence-corrected chi connectivity index (χ0v) is 8.29. The monoisotopic (exact) mass is 280 g/mol. The second kappa shape index (κ2) is 3.27. The van der Waals surface area contributed by atoms with Crippen LogP contribution in [0.3, 0.4) is 0 Å². The van der Waals surface area contributed by atoms with E-state index in [4.69, 9.17) is 0 Å². The molecule has 0 aromatic carbocycles. The molecule has 6 heteroatoms. The second-order valence-corrected chi connectivity index (χ2v) is 3.38. The van der Waals surface area contributed by atoms with E-state index in [1.165, 1.54) is 12.3 Å². The molecular formula is C5H2Br2N2O2. The van der Waals surface area contributed by atoms with Crippen molar-refractivity contribution in [2.45, 2.75) is 0 Å². The lowest BCUT2D eigenvalue weighted by atomic mass is 10.4. The van der Waals surface area contributed by atoms with Crippen LogP contribution in [-0.2, 0) is 0 Å². The molecule has 0 fully saturated rings. The average Bonchev–Trinajstić information content (AvgIpc) is 1.94. The van der Waals surface area contributed by atoms with Gasteiger partial charge >= 0.3 is 0 Å². The van der Waals surface area contributed by atoms with Gasteiger partial charge in [0.25, 0.3) is 5.69 Å². The first-order valence-corrected chi connectivity index (χ1v) is 4.15. The molecule has 0 spiro atoms. The molecule has 0 saturated heterocycles. The molecule has 0 saturated carbocycles. The van der Waals surface area contributed by atoms with Crippen LogP contribution in [0.15, 0.2) is 21.3 Å². The Hall–Kier alpha value is -0.490. The van der Waals surface area contributed by atoms with Crippen LogP contribution in [-0.4, -0.2) is 9.91 Å². The second-order valence-electron chi connectivity index (χ2n) is 1.72. The van der Waals surface area contributed by atoms with Gasteiger partial charge in [-0.2, -0.15) is 0 Å². The number of nitrogens with zero attached hydrogens (tertiary/aromatic N) is 2. The smallest absolute Gasteiger partial charge is 0.258 e. The fourth-order valence-electron chi connectivity index (χ4n) is 0.543. The van der Waals surface area contributed by atoms with Crippen molar-refractivity contribution < 1.29 is 4.92 Å². The molecule has 4 nitrogen and oxygen atoms in total. The average molecular weight is 282 g/mol. The van der Waals surface area contributed by atoms with Gasteiger partial charge in [-0.05, 0) is 31.9 Å². The summed E-state index contributed by atoms with van der Waals surface area (Å²) < 4.78 is 0.832. The van der Waals surface area contributed by atoms with E-state index >= 15 is 0 Å². The summed E-state index contributed by atoms with van der Waals surface area (Å²) in [7, 11) is 0. The van der Waals surface area contributed by atoms with Crippen molar-refractivity contribution >= 4 is 37.5 Å². The maximum absolute atomic E-state index is 10.3. The van der Waals surface area contributed by atoms with E-state index in [0.717, 1.165) is 0 Å². The minimum absolute atomic E-state index is 0.00637. The van der Waals surface area contributed by atoms with E-state index in [1.807, 2.05) is 0 Å². The summed E-state index contributed by atoms with van der Waals surface area (Å²) in [6.45, 7) is 0. The van der Waals surface area contributed by atoms with Gasteiger partial charge in [0.1, 0.15) is 9.08 Å². The topological polar surface area (TPSA) is 56.0 Å². The number of pyridine rings is 1. The molecule has 11 heavy (non-hydrogen) atoms. The van der Waals surface area contributed by atoms with Gasteiger partial charge in [-0.1, -0.05) is 0 Å². The summed E-state index contributed by atoms with van der Waals surface area (Å²) in [5.41, 5.74) is 0.00637. The molecule has 0 N–H and O–H groups in total. The van der Waals surface area contributed by atoms with Crippen LogP contribution >= 0.6 is 31.9 Å². The van der Waals surface area contributed by atoms with Crippen molar-refractivity contribution in [1.82, 2.24) is 4.98 Å². The van der Waals surface area contributed by atoms with Gasteiger partial charge in [-0.25, -0.2) is 4.98 Å². The van der Waals surface area contributed by atoms with E-state index in [-0.39, 0.29) is 5.69 Å². The highest BCUT2D eigenvalue weighted by molar-refractivity contribution is 9.11. The number of rotatable bonds is 1. The van der Waals surface area contributed by atoms with Gasteiger partial charge in [-0.15, -0.1) is 0 Å². The third-order valence-corrected chi connectivity index (χ3v) is 2.04. The minimum atomic E-state index is -0.476. The maximum Gasteiger partial charge on any atom is 0.287 e. The molecule has 1 aromatic rings. The molecule has 1 aromatic heterocycles. The first kappa shape index (κ1) is 8.61. The molecule has 0 radical (unpaired) electrons. The Kier molecular flexibility index (Phi) is 2.56. The van der Waals surface area contributed by atoms with Crippen LogP contribution in [0.4, 0.5) is 5.69 Å². The van der Waals surface area contributed by atoms with Crippen LogP contribution in [0.2, 0.25) is 0 Å². The van der Waals surface area contributed by atoms with Crippen molar-refractivity contribution in [3.8, 4) is 0 Å². The van der Waals surface area contributed by atoms with Crippen molar-refractivity contribution in [2.24, 2.45) is 0 Å². The van der Waals surface area contributed by atoms with Gasteiger partial charge in [0.2, 0.25) is 0 Å². The lowest BCUT2D eigenvalue weighted by molar-refractivity contribution is -0.385. The van der Waals surface area contributed by atoms with Crippen LogP contribution in [0.1, 0.15) is 0 Å². The standard InChI is InChI=1S/C5H2Br2N2O2/c6-3-2-8-5(7)1-4(3)9(10)11/h1-2H. The molecule has 1 rings (SSSR count). The minimum Gasteiger partial charge on any atom is -0.258 e. The maximum atomic E-state index is 10.3. The largest absolute Gasteiger partial charge is 0.287 e. The van der Waals surface area contributed by atoms with E-state index < -0.39 is 4.92 Å². The SMILES string of the molecule is O=[N+]([O-])c1cc(Br)ncc1Br. The van der Waals surface area contributed by atoms with Crippen molar-refractivity contribution in [3.05, 3.63) is 31.5 Å². The third kappa shape index (κ3) is 1.97. The highest BCUT2D eigenvalue weighted by atomic mass is 79.9. The summed E-state index contributed by atoms with van der Waals surface area (Å²) >= 11 is 6.03. The van der Waals surface area contributed by atoms with Crippen molar-refractivity contribution in [1.29, 1.82) is 0 Å². The molecule has 0 bridgehead atoms. The van der Waals surface area contributed by atoms with E-state index in [1.54, 1.807) is 0 Å². The number of halogens is 2. The molecule has 1 heterocycles. The zero-order valence-electron chi connectivity index (χ0n) is 5.12. The molecular weight excluding hydrogens is 280 g/mol. The molecule has 0 aliphatic carbocycles. The number of hydrogen-bond donors (Lipinski definition) is 0. The van der Waals surface area contributed by atoms with Gasteiger partial charge in [-0.3, -0.25) is 10.1 Å². The highest BCUT2D eigenvalue weighted by Gasteiger charge is 2.11. The Morgan fingerprint density at radius 2 is 2.18 bits per heavy atom. The summed E-state index contributed by atoms with van der Waals surface area (Å²) in [6, 6.07) is 1.34. The van der Waals surface area contributed by atoms with Crippen LogP contribution in [0, 0.1) is 10.1 Å². The van der Waals surface area contributed by atoms with Crippen LogP contribution in [0.25, 0.3) is 0 Å². The predicted octanol–water partition coefficient (Wildman–Crippen LogP) is 2.51. The van der Waals surface area contributed by atoms with E-state index in [9.17, 15) is 10.1 Å². The van der Waals surface area contributed by atoms with Gasteiger partial charge in [0.05, 0.1) is 11.0 Å². The van der Waals surface area contributed by atoms with Crippen LogP contribution < -0.4 is 0 Å². The number of aromatic nitrogens is 1. The van der Waals surface area contributed by atoms with Gasteiger partial charge < -0.3 is 0 Å². The quantitative estimate of drug-likeness (QED) is 0.451. The summed E-state index contributed by atoms with van der Waals surface area (Å²) in [4.78, 5) is 13.6. The normalized spacial score (nSPS) is 9.64. The molecule has 0 atom stereocenters. The lowest BCUT2D eigenvalue weighted by Crippen LogP contribution is -1.90. The fraction of sp³-hybridized carbons (Fsp3) is 0. The first-order chi connectivity index (χ1) is 5.11. The van der Waals surface area contributed by atoms with Crippen LogP contribution in [0.5, 0.6) is 0 Å². The van der Waals surface area contributed by atoms with Crippen molar-refractivity contribution in [3.63, 3.8) is 0 Å². The predicted molar refractivity (Wildman–Crippen MR) is 46.3 cm³/mol.